The summed E-state index contributed by atoms with van der Waals surface area (Å²) in [5, 5.41) is 7.11. The third-order valence-corrected chi connectivity index (χ3v) is 4.76. The molecule has 0 atom stereocenters. The van der Waals surface area contributed by atoms with Crippen molar-refractivity contribution in [1.82, 2.24) is 24.7 Å². The summed E-state index contributed by atoms with van der Waals surface area (Å²) in [4.78, 5) is 12.0. The van der Waals surface area contributed by atoms with Gasteiger partial charge in [-0.25, -0.2) is 14.6 Å². The Morgan fingerprint density at radius 1 is 1.22 bits per heavy atom. The predicted molar refractivity (Wildman–Crippen MR) is 108 cm³/mol. The predicted octanol–water partition coefficient (Wildman–Crippen LogP) is 4.11. The second-order valence-corrected chi connectivity index (χ2v) is 7.95. The van der Waals surface area contributed by atoms with E-state index in [0.29, 0.717) is 28.8 Å². The molecule has 4 aromatic rings. The molecule has 0 saturated heterocycles. The van der Waals surface area contributed by atoms with Crippen molar-refractivity contribution in [2.45, 2.75) is 32.9 Å². The highest BCUT2D eigenvalue weighted by Gasteiger charge is 2.24. The molecule has 0 unspecified atom stereocenters. The largest absolute Gasteiger partial charge is 0.383 e. The summed E-state index contributed by atoms with van der Waals surface area (Å²) in [6.45, 7) is 6.70. The topological polar surface area (TPSA) is 94.6 Å². The van der Waals surface area contributed by atoms with E-state index in [0.717, 1.165) is 27.5 Å². The summed E-state index contributed by atoms with van der Waals surface area (Å²) < 4.78 is 7.09. The standard InChI is InChI=1S/C19H21ClN6O/c1-19(2,3)26-18-15(17(21)22-9-23-18)16(25-26)14-7-11-12(20)5-10(8-27-4)6-13(11)24-14/h5-7,9,24H,8H2,1-4H3,(H2,21,22,23). The quantitative estimate of drug-likeness (QED) is 0.554. The normalized spacial score (nSPS) is 12.3. The van der Waals surface area contributed by atoms with Gasteiger partial charge in [0.05, 0.1) is 28.2 Å². The van der Waals surface area contributed by atoms with Crippen LogP contribution in [0.15, 0.2) is 24.5 Å². The van der Waals surface area contributed by atoms with Crippen LogP contribution in [-0.2, 0) is 16.9 Å². The second kappa shape index (κ2) is 6.21. The number of nitrogens with two attached hydrogens (primary N) is 1. The molecular formula is C19H21ClN6O. The van der Waals surface area contributed by atoms with Gasteiger partial charge in [0, 0.05) is 18.0 Å². The van der Waals surface area contributed by atoms with E-state index >= 15 is 0 Å². The van der Waals surface area contributed by atoms with Gasteiger partial charge in [0.1, 0.15) is 17.8 Å². The molecule has 0 aliphatic rings. The molecule has 8 heteroatoms. The van der Waals surface area contributed by atoms with Gasteiger partial charge in [0.25, 0.3) is 0 Å². The number of H-pyrrole nitrogens is 1. The van der Waals surface area contributed by atoms with Crippen molar-refractivity contribution in [2.75, 3.05) is 12.8 Å². The third kappa shape index (κ3) is 2.93. The van der Waals surface area contributed by atoms with Gasteiger partial charge >= 0.3 is 0 Å². The lowest BCUT2D eigenvalue weighted by Gasteiger charge is -2.19. The number of aromatic nitrogens is 5. The smallest absolute Gasteiger partial charge is 0.164 e. The Labute approximate surface area is 161 Å². The average Bonchev–Trinajstić information content (AvgIpc) is 3.17. The van der Waals surface area contributed by atoms with E-state index in [1.165, 1.54) is 6.33 Å². The van der Waals surface area contributed by atoms with Gasteiger partial charge in [-0.3, -0.25) is 0 Å². The molecular weight excluding hydrogens is 364 g/mol. The second-order valence-electron chi connectivity index (χ2n) is 7.54. The van der Waals surface area contributed by atoms with Crippen molar-refractivity contribution in [2.24, 2.45) is 0 Å². The van der Waals surface area contributed by atoms with Crippen LogP contribution >= 0.6 is 11.6 Å². The summed E-state index contributed by atoms with van der Waals surface area (Å²) in [6.07, 6.45) is 1.46. The maximum atomic E-state index is 6.48. The fourth-order valence-electron chi connectivity index (χ4n) is 3.26. The number of benzene rings is 1. The molecule has 140 valence electrons. The minimum Gasteiger partial charge on any atom is -0.383 e. The van der Waals surface area contributed by atoms with Gasteiger partial charge in [0.15, 0.2) is 5.65 Å². The molecule has 3 heterocycles. The summed E-state index contributed by atoms with van der Waals surface area (Å²) in [5.74, 6) is 0.398. The van der Waals surface area contributed by atoms with Gasteiger partial charge in [-0.15, -0.1) is 0 Å². The molecule has 7 nitrogen and oxygen atoms in total. The SMILES string of the molecule is COCc1cc(Cl)c2cc(-c3nn(C(C)(C)C)c4ncnc(N)c34)[nH]c2c1. The molecule has 0 aliphatic heterocycles. The number of methoxy groups -OCH3 is 1. The first-order valence-corrected chi connectivity index (χ1v) is 8.97. The van der Waals surface area contributed by atoms with Crippen molar-refractivity contribution in [3.63, 3.8) is 0 Å². The molecule has 4 rings (SSSR count). The lowest BCUT2D eigenvalue weighted by Crippen LogP contribution is -2.23. The van der Waals surface area contributed by atoms with Gasteiger partial charge < -0.3 is 15.5 Å². The Hall–Kier alpha value is -2.64. The van der Waals surface area contributed by atoms with Crippen LogP contribution in [0.3, 0.4) is 0 Å². The van der Waals surface area contributed by atoms with E-state index in [1.807, 2.05) is 22.9 Å². The van der Waals surface area contributed by atoms with Crippen LogP contribution in [0.1, 0.15) is 26.3 Å². The van der Waals surface area contributed by atoms with E-state index < -0.39 is 0 Å². The lowest BCUT2D eigenvalue weighted by atomic mass is 10.1. The number of ether oxygens (including phenoxy) is 1. The number of anilines is 1. The van der Waals surface area contributed by atoms with E-state index in [9.17, 15) is 0 Å². The van der Waals surface area contributed by atoms with E-state index in [1.54, 1.807) is 7.11 Å². The molecule has 0 fully saturated rings. The molecule has 0 aliphatic carbocycles. The highest BCUT2D eigenvalue weighted by molar-refractivity contribution is 6.35. The Bertz CT molecular complexity index is 1150. The van der Waals surface area contributed by atoms with Crippen LogP contribution in [0.5, 0.6) is 0 Å². The van der Waals surface area contributed by atoms with Crippen LogP contribution in [0.25, 0.3) is 33.3 Å². The summed E-state index contributed by atoms with van der Waals surface area (Å²) in [5.41, 5.74) is 10.1. The van der Waals surface area contributed by atoms with Crippen LogP contribution in [0.4, 0.5) is 5.82 Å². The fourth-order valence-corrected chi connectivity index (χ4v) is 3.55. The van der Waals surface area contributed by atoms with Gasteiger partial charge in [-0.2, -0.15) is 5.10 Å². The molecule has 0 radical (unpaired) electrons. The van der Waals surface area contributed by atoms with E-state index in [4.69, 9.17) is 27.2 Å². The highest BCUT2D eigenvalue weighted by atomic mass is 35.5. The molecule has 0 amide bonds. The van der Waals surface area contributed by atoms with Gasteiger partial charge in [-0.05, 0) is 44.5 Å². The molecule has 0 spiro atoms. The average molecular weight is 385 g/mol. The summed E-state index contributed by atoms with van der Waals surface area (Å²) in [7, 11) is 1.66. The number of fused-ring (bicyclic) bond motifs is 2. The summed E-state index contributed by atoms with van der Waals surface area (Å²) in [6, 6.07) is 5.92. The first kappa shape index (κ1) is 17.8. The van der Waals surface area contributed by atoms with Crippen molar-refractivity contribution in [1.29, 1.82) is 0 Å². The van der Waals surface area contributed by atoms with Gasteiger partial charge in [0.2, 0.25) is 0 Å². The van der Waals surface area contributed by atoms with Crippen molar-refractivity contribution in [3.8, 4) is 11.4 Å². The first-order chi connectivity index (χ1) is 12.8. The van der Waals surface area contributed by atoms with Crippen LogP contribution < -0.4 is 5.73 Å². The van der Waals surface area contributed by atoms with E-state index in [-0.39, 0.29) is 5.54 Å². The summed E-state index contributed by atoms with van der Waals surface area (Å²) >= 11 is 6.48. The Morgan fingerprint density at radius 2 is 2.00 bits per heavy atom. The number of hydrogen-bond donors (Lipinski definition) is 2. The highest BCUT2D eigenvalue weighted by Crippen LogP contribution is 2.35. The number of nitrogens with one attached hydrogen (secondary N) is 1. The third-order valence-electron chi connectivity index (χ3n) is 4.44. The number of nitrogens with zero attached hydrogens (tertiary/aromatic N) is 4. The Balaban J connectivity index is 1.99. The number of halogens is 1. The zero-order valence-corrected chi connectivity index (χ0v) is 16.4. The van der Waals surface area contributed by atoms with Gasteiger partial charge in [-0.1, -0.05) is 11.6 Å². The Morgan fingerprint density at radius 3 is 2.70 bits per heavy atom. The van der Waals surface area contributed by atoms with Crippen LogP contribution in [-0.4, -0.2) is 31.8 Å². The fraction of sp³-hybridized carbons (Fsp3) is 0.316. The maximum Gasteiger partial charge on any atom is 0.164 e. The van der Waals surface area contributed by atoms with Crippen molar-refractivity contribution >= 4 is 39.4 Å². The van der Waals surface area contributed by atoms with Crippen molar-refractivity contribution < 1.29 is 4.74 Å². The Kier molecular flexibility index (Phi) is 4.09. The zero-order chi connectivity index (χ0) is 19.3. The molecule has 3 N–H and O–H groups in total. The first-order valence-electron chi connectivity index (χ1n) is 8.59. The van der Waals surface area contributed by atoms with Crippen LogP contribution in [0.2, 0.25) is 5.02 Å². The van der Waals surface area contributed by atoms with Crippen molar-refractivity contribution in [3.05, 3.63) is 35.1 Å². The molecule has 0 saturated carbocycles. The van der Waals surface area contributed by atoms with Crippen LogP contribution in [0, 0.1) is 0 Å². The molecule has 1 aromatic carbocycles. The number of nitrogen functional groups attached to an aromatic ring is 1. The minimum absolute atomic E-state index is 0.257. The molecule has 0 bridgehead atoms. The zero-order valence-electron chi connectivity index (χ0n) is 15.7. The maximum absolute atomic E-state index is 6.48. The minimum atomic E-state index is -0.257. The monoisotopic (exact) mass is 384 g/mol. The number of rotatable bonds is 3. The molecule has 27 heavy (non-hydrogen) atoms. The number of aromatic amines is 1. The lowest BCUT2D eigenvalue weighted by molar-refractivity contribution is 0.185. The van der Waals surface area contributed by atoms with E-state index in [2.05, 4.69) is 35.7 Å². The number of hydrogen-bond acceptors (Lipinski definition) is 5. The molecule has 3 aromatic heterocycles.